The second-order valence-corrected chi connectivity index (χ2v) is 16.0. The maximum Gasteiger partial charge on any atom is 0.472 e. The lowest BCUT2D eigenvalue weighted by Crippen LogP contribution is -2.45. The Balaban J connectivity index is 4.38. The molecule has 0 bridgehead atoms. The Morgan fingerprint density at radius 1 is 0.596 bits per heavy atom. The zero-order valence-corrected chi connectivity index (χ0v) is 36.9. The molecule has 0 aromatic carbocycles. The lowest BCUT2D eigenvalue weighted by molar-refractivity contribution is -0.123. The van der Waals surface area contributed by atoms with Gasteiger partial charge in [0.2, 0.25) is 5.91 Å². The third kappa shape index (κ3) is 41.4. The Hall–Kier alpha value is -2.58. The Morgan fingerprint density at radius 2 is 1.04 bits per heavy atom. The Bertz CT molecular complexity index is 1210. The van der Waals surface area contributed by atoms with Gasteiger partial charge < -0.3 is 21.1 Å². The highest BCUT2D eigenvalue weighted by molar-refractivity contribution is 7.47. The molecule has 0 heterocycles. The molecule has 57 heavy (non-hydrogen) atoms. The quantitative estimate of drug-likeness (QED) is 0.0275. The maximum absolute atomic E-state index is 12.8. The summed E-state index contributed by atoms with van der Waals surface area (Å²) in [6, 6.07) is -0.908. The van der Waals surface area contributed by atoms with Gasteiger partial charge in [0, 0.05) is 13.0 Å². The van der Waals surface area contributed by atoms with Gasteiger partial charge in [-0.25, -0.2) is 4.57 Å². The number of aliphatic hydroxyl groups is 1. The van der Waals surface area contributed by atoms with E-state index in [0.717, 1.165) is 77.0 Å². The van der Waals surface area contributed by atoms with Crippen LogP contribution in [0.4, 0.5) is 0 Å². The van der Waals surface area contributed by atoms with Crippen molar-refractivity contribution in [3.63, 3.8) is 0 Å². The number of carbonyl (C=O) groups is 1. The van der Waals surface area contributed by atoms with Crippen molar-refractivity contribution >= 4 is 13.7 Å². The molecule has 0 radical (unpaired) electrons. The summed E-state index contributed by atoms with van der Waals surface area (Å²) in [6.07, 6.45) is 58.9. The number of nitrogens with two attached hydrogens (primary N) is 1. The van der Waals surface area contributed by atoms with Crippen LogP contribution in [0.5, 0.6) is 0 Å². The first-order chi connectivity index (χ1) is 27.9. The highest BCUT2D eigenvalue weighted by atomic mass is 31.2. The first-order valence-electron chi connectivity index (χ1n) is 22.4. The van der Waals surface area contributed by atoms with Crippen molar-refractivity contribution < 1.29 is 28.4 Å². The second kappa shape index (κ2) is 43.0. The van der Waals surface area contributed by atoms with Crippen molar-refractivity contribution in [3.8, 4) is 0 Å². The fourth-order valence-corrected chi connectivity index (χ4v) is 6.54. The Kier molecular flexibility index (Phi) is 41.1. The summed E-state index contributed by atoms with van der Waals surface area (Å²) in [5.74, 6) is -0.244. The van der Waals surface area contributed by atoms with Gasteiger partial charge in [-0.2, -0.15) is 0 Å². The third-order valence-electron chi connectivity index (χ3n) is 9.12. The molecular formula is C48H83N2O6P. The smallest absolute Gasteiger partial charge is 0.387 e. The van der Waals surface area contributed by atoms with Gasteiger partial charge in [-0.15, -0.1) is 0 Å². The number of hydrogen-bond acceptors (Lipinski definition) is 6. The SMILES string of the molecule is CC/C=C\C/C=C\C/C=C\C/C=C\C/C=C\CCCCCC(=O)NC(COP(=O)(O)OCCN)C(O)/C=C/CC/C=C/CC/C=C/CCCCCCCCCCC. The number of carbonyl (C=O) groups excluding carboxylic acids is 1. The van der Waals surface area contributed by atoms with E-state index in [1.54, 1.807) is 6.08 Å². The molecule has 0 saturated carbocycles. The van der Waals surface area contributed by atoms with Crippen LogP contribution in [-0.2, 0) is 18.4 Å². The van der Waals surface area contributed by atoms with Crippen LogP contribution >= 0.6 is 7.82 Å². The number of hydrogen-bond donors (Lipinski definition) is 4. The van der Waals surface area contributed by atoms with Crippen molar-refractivity contribution in [3.05, 3.63) is 97.2 Å². The van der Waals surface area contributed by atoms with Crippen LogP contribution < -0.4 is 11.1 Å². The summed E-state index contributed by atoms with van der Waals surface area (Å²) >= 11 is 0. The molecule has 326 valence electrons. The number of aliphatic hydroxyl groups excluding tert-OH is 1. The monoisotopic (exact) mass is 815 g/mol. The molecule has 0 saturated heterocycles. The van der Waals surface area contributed by atoms with Crippen LogP contribution in [0.25, 0.3) is 0 Å². The predicted octanol–water partition coefficient (Wildman–Crippen LogP) is 12.8. The van der Waals surface area contributed by atoms with Crippen LogP contribution in [0.15, 0.2) is 97.2 Å². The molecule has 0 fully saturated rings. The molecule has 1 amide bonds. The van der Waals surface area contributed by atoms with Gasteiger partial charge in [0.1, 0.15) is 0 Å². The van der Waals surface area contributed by atoms with Gasteiger partial charge in [-0.1, -0.05) is 169 Å². The van der Waals surface area contributed by atoms with Crippen molar-refractivity contribution in [2.75, 3.05) is 19.8 Å². The lowest BCUT2D eigenvalue weighted by Gasteiger charge is -2.23. The van der Waals surface area contributed by atoms with Gasteiger partial charge in [-0.3, -0.25) is 13.8 Å². The van der Waals surface area contributed by atoms with Gasteiger partial charge >= 0.3 is 7.82 Å². The maximum atomic E-state index is 12.8. The van der Waals surface area contributed by atoms with Gasteiger partial charge in [0.05, 0.1) is 25.4 Å². The molecule has 0 rings (SSSR count). The van der Waals surface area contributed by atoms with E-state index in [1.807, 2.05) is 6.08 Å². The molecule has 0 aliphatic heterocycles. The summed E-state index contributed by atoms with van der Waals surface area (Å²) in [4.78, 5) is 22.7. The number of allylic oxidation sites excluding steroid dienone is 15. The van der Waals surface area contributed by atoms with Crippen LogP contribution in [-0.4, -0.2) is 47.8 Å². The number of phosphoric acid groups is 1. The molecular weight excluding hydrogens is 732 g/mol. The van der Waals surface area contributed by atoms with Gasteiger partial charge in [-0.05, 0) is 89.9 Å². The Labute approximate surface area is 349 Å². The van der Waals surface area contributed by atoms with Crippen molar-refractivity contribution in [1.29, 1.82) is 0 Å². The average Bonchev–Trinajstić information content (AvgIpc) is 3.20. The highest BCUT2D eigenvalue weighted by Crippen LogP contribution is 2.43. The number of rotatable bonds is 40. The van der Waals surface area contributed by atoms with E-state index >= 15 is 0 Å². The van der Waals surface area contributed by atoms with E-state index in [4.69, 9.17) is 14.8 Å². The summed E-state index contributed by atoms with van der Waals surface area (Å²) in [5.41, 5.74) is 5.37. The standard InChI is InChI=1S/C48H83N2O6P/c1-3-5-7-9-11-13-15-17-19-21-23-25-27-29-31-33-35-37-39-41-47(51)46(45-56-57(53,54)55-44-43-49)50-48(52)42-40-38-36-34-32-30-28-26-24-22-20-18-16-14-12-10-8-6-4-2/h6,8,12,14,18,20,23-26,30-33,39,41,46-47,51H,3-5,7,9-11,13,15-17,19,21-22,27-29,34-38,40,42-45,49H2,1-2H3,(H,50,52)(H,53,54)/b8-6-,14-12-,20-18-,25-23+,26-24-,32-30-,33-31+,41-39+. The second-order valence-electron chi connectivity index (χ2n) is 14.5. The van der Waals surface area contributed by atoms with Crippen molar-refractivity contribution in [2.24, 2.45) is 5.73 Å². The fourth-order valence-electron chi connectivity index (χ4n) is 5.78. The van der Waals surface area contributed by atoms with Crippen LogP contribution in [0.1, 0.15) is 168 Å². The van der Waals surface area contributed by atoms with E-state index < -0.39 is 20.0 Å². The number of phosphoric ester groups is 1. The summed E-state index contributed by atoms with van der Waals surface area (Å²) in [6.45, 7) is 3.94. The molecule has 3 atom stereocenters. The summed E-state index contributed by atoms with van der Waals surface area (Å²) in [5, 5.41) is 13.6. The zero-order valence-electron chi connectivity index (χ0n) is 36.0. The van der Waals surface area contributed by atoms with Gasteiger partial charge in [0.25, 0.3) is 0 Å². The fraction of sp³-hybridized carbons (Fsp3) is 0.646. The molecule has 8 nitrogen and oxygen atoms in total. The summed E-state index contributed by atoms with van der Waals surface area (Å²) < 4.78 is 22.1. The first-order valence-corrected chi connectivity index (χ1v) is 23.9. The Morgan fingerprint density at radius 3 is 1.56 bits per heavy atom. The molecule has 0 aromatic rings. The third-order valence-corrected chi connectivity index (χ3v) is 10.1. The molecule has 0 spiro atoms. The predicted molar refractivity (Wildman–Crippen MR) is 244 cm³/mol. The molecule has 0 aromatic heterocycles. The minimum absolute atomic E-state index is 0.0606. The van der Waals surface area contributed by atoms with E-state index in [-0.39, 0.29) is 32.1 Å². The highest BCUT2D eigenvalue weighted by Gasteiger charge is 2.26. The molecule has 9 heteroatoms. The topological polar surface area (TPSA) is 131 Å². The zero-order chi connectivity index (χ0) is 41.8. The van der Waals surface area contributed by atoms with Crippen LogP contribution in [0, 0.1) is 0 Å². The van der Waals surface area contributed by atoms with E-state index in [0.29, 0.717) is 6.42 Å². The number of nitrogens with one attached hydrogen (secondary N) is 1. The molecule has 0 aliphatic rings. The minimum Gasteiger partial charge on any atom is -0.387 e. The number of amides is 1. The first kappa shape index (κ1) is 54.4. The van der Waals surface area contributed by atoms with Gasteiger partial charge in [0.15, 0.2) is 0 Å². The van der Waals surface area contributed by atoms with Crippen LogP contribution in [0.2, 0.25) is 0 Å². The number of unbranched alkanes of at least 4 members (excludes halogenated alkanes) is 14. The molecule has 5 N–H and O–H groups in total. The molecule has 0 aliphatic carbocycles. The average molecular weight is 815 g/mol. The van der Waals surface area contributed by atoms with E-state index in [2.05, 4.69) is 104 Å². The van der Waals surface area contributed by atoms with Crippen molar-refractivity contribution in [2.45, 2.75) is 180 Å². The van der Waals surface area contributed by atoms with Crippen LogP contribution in [0.3, 0.4) is 0 Å². The van der Waals surface area contributed by atoms with E-state index in [1.165, 1.54) is 64.2 Å². The normalized spacial score (nSPS) is 15.0. The largest absolute Gasteiger partial charge is 0.472 e. The summed E-state index contributed by atoms with van der Waals surface area (Å²) in [7, 11) is -4.37. The molecule has 3 unspecified atom stereocenters. The van der Waals surface area contributed by atoms with Crippen molar-refractivity contribution in [1.82, 2.24) is 5.32 Å². The van der Waals surface area contributed by atoms with E-state index in [9.17, 15) is 19.4 Å². The lowest BCUT2D eigenvalue weighted by atomic mass is 10.1. The minimum atomic E-state index is -4.37.